The summed E-state index contributed by atoms with van der Waals surface area (Å²) in [5.41, 5.74) is 1.79. The van der Waals surface area contributed by atoms with Gasteiger partial charge < -0.3 is 10.2 Å². The average Bonchev–Trinajstić information content (AvgIpc) is 2.39. The van der Waals surface area contributed by atoms with Crippen molar-refractivity contribution < 1.29 is 10.2 Å². The molecular formula is C16H14O2. The third-order valence-corrected chi connectivity index (χ3v) is 2.51. The predicted octanol–water partition coefficient (Wildman–Crippen LogP) is 3.82. The first-order valence-electron chi connectivity index (χ1n) is 5.67. The number of phenols is 2. The summed E-state index contributed by atoms with van der Waals surface area (Å²) in [5.74, 6) is 0.531. The van der Waals surface area contributed by atoms with Gasteiger partial charge in [0.25, 0.3) is 0 Å². The van der Waals surface area contributed by atoms with Gasteiger partial charge in [0.05, 0.1) is 0 Å². The van der Waals surface area contributed by atoms with Crippen LogP contribution in [0.1, 0.15) is 11.1 Å². The van der Waals surface area contributed by atoms with Gasteiger partial charge in [-0.3, -0.25) is 0 Å². The molecule has 2 N–H and O–H groups in total. The number of benzene rings is 2. The van der Waals surface area contributed by atoms with E-state index in [0.717, 1.165) is 11.1 Å². The van der Waals surface area contributed by atoms with Gasteiger partial charge in [-0.15, -0.1) is 0 Å². The quantitative estimate of drug-likeness (QED) is 0.798. The maximum Gasteiger partial charge on any atom is 0.122 e. The van der Waals surface area contributed by atoms with E-state index >= 15 is 0 Å². The standard InChI is InChI=1S/C16H14O2/c17-15-11-9-13(10-12-15)5-1-2-6-14-7-3-4-8-16(14)18/h1-12,17-18H. The second-order valence-corrected chi connectivity index (χ2v) is 3.87. The lowest BCUT2D eigenvalue weighted by molar-refractivity contribution is 0.474. The van der Waals surface area contributed by atoms with Gasteiger partial charge in [-0.05, 0) is 23.8 Å². The van der Waals surface area contributed by atoms with Crippen molar-refractivity contribution in [1.82, 2.24) is 0 Å². The van der Waals surface area contributed by atoms with Gasteiger partial charge in [-0.2, -0.15) is 0 Å². The van der Waals surface area contributed by atoms with E-state index in [0.29, 0.717) is 0 Å². The highest BCUT2D eigenvalue weighted by atomic mass is 16.3. The highest BCUT2D eigenvalue weighted by Crippen LogP contribution is 2.17. The molecule has 0 atom stereocenters. The van der Waals surface area contributed by atoms with Gasteiger partial charge in [-0.1, -0.05) is 54.6 Å². The number of aromatic hydroxyl groups is 2. The summed E-state index contributed by atoms with van der Waals surface area (Å²) in [6, 6.07) is 14.1. The third-order valence-electron chi connectivity index (χ3n) is 2.51. The van der Waals surface area contributed by atoms with Crippen LogP contribution in [0.5, 0.6) is 11.5 Å². The summed E-state index contributed by atoms with van der Waals surface area (Å²) in [7, 11) is 0. The molecule has 0 aromatic heterocycles. The van der Waals surface area contributed by atoms with E-state index in [4.69, 9.17) is 5.11 Å². The van der Waals surface area contributed by atoms with Gasteiger partial charge in [0.2, 0.25) is 0 Å². The summed E-state index contributed by atoms with van der Waals surface area (Å²) >= 11 is 0. The molecule has 2 aromatic rings. The minimum absolute atomic E-state index is 0.261. The van der Waals surface area contributed by atoms with Crippen molar-refractivity contribution in [1.29, 1.82) is 0 Å². The van der Waals surface area contributed by atoms with Crippen LogP contribution in [0.15, 0.2) is 60.7 Å². The SMILES string of the molecule is Oc1ccc(C=CC=Cc2ccccc2O)cc1. The van der Waals surface area contributed by atoms with Crippen molar-refractivity contribution in [2.75, 3.05) is 0 Å². The first kappa shape index (κ1) is 12.0. The zero-order valence-electron chi connectivity index (χ0n) is 9.82. The molecule has 0 fully saturated rings. The molecule has 2 nitrogen and oxygen atoms in total. The van der Waals surface area contributed by atoms with Crippen LogP contribution in [0.2, 0.25) is 0 Å². The van der Waals surface area contributed by atoms with E-state index < -0.39 is 0 Å². The lowest BCUT2D eigenvalue weighted by Crippen LogP contribution is -1.72. The zero-order chi connectivity index (χ0) is 12.8. The van der Waals surface area contributed by atoms with E-state index in [1.807, 2.05) is 48.6 Å². The number of allylic oxidation sites excluding steroid dienone is 2. The number of para-hydroxylation sites is 1. The Morgan fingerprint density at radius 3 is 2.11 bits per heavy atom. The Hall–Kier alpha value is -2.48. The van der Waals surface area contributed by atoms with Gasteiger partial charge in [0, 0.05) is 5.56 Å². The second kappa shape index (κ2) is 5.73. The second-order valence-electron chi connectivity index (χ2n) is 3.87. The Bertz CT molecular complexity index is 566. The van der Waals surface area contributed by atoms with Crippen LogP contribution >= 0.6 is 0 Å². The first-order chi connectivity index (χ1) is 8.75. The largest absolute Gasteiger partial charge is 0.508 e. The van der Waals surface area contributed by atoms with Gasteiger partial charge >= 0.3 is 0 Å². The van der Waals surface area contributed by atoms with Crippen molar-refractivity contribution in [2.45, 2.75) is 0 Å². The van der Waals surface area contributed by atoms with Crippen LogP contribution in [0.25, 0.3) is 12.2 Å². The Morgan fingerprint density at radius 2 is 1.39 bits per heavy atom. The van der Waals surface area contributed by atoms with Crippen molar-refractivity contribution in [2.24, 2.45) is 0 Å². The number of rotatable bonds is 3. The molecule has 2 heteroatoms. The van der Waals surface area contributed by atoms with Crippen LogP contribution in [-0.4, -0.2) is 10.2 Å². The molecule has 0 aliphatic carbocycles. The highest BCUT2D eigenvalue weighted by molar-refractivity contribution is 5.60. The van der Waals surface area contributed by atoms with E-state index in [1.165, 1.54) is 0 Å². The fourth-order valence-electron chi connectivity index (χ4n) is 1.54. The first-order valence-corrected chi connectivity index (χ1v) is 5.67. The molecule has 0 amide bonds. The fraction of sp³-hybridized carbons (Fsp3) is 0. The minimum Gasteiger partial charge on any atom is -0.508 e. The molecule has 2 rings (SSSR count). The summed E-state index contributed by atoms with van der Waals surface area (Å²) in [5, 5.41) is 18.7. The molecular weight excluding hydrogens is 224 g/mol. The Morgan fingerprint density at radius 1 is 0.722 bits per heavy atom. The fourth-order valence-corrected chi connectivity index (χ4v) is 1.54. The van der Waals surface area contributed by atoms with Crippen molar-refractivity contribution in [3.8, 4) is 11.5 Å². The van der Waals surface area contributed by atoms with Crippen LogP contribution in [0.3, 0.4) is 0 Å². The normalized spacial score (nSPS) is 11.3. The molecule has 0 saturated carbocycles. The van der Waals surface area contributed by atoms with Crippen LogP contribution in [0.4, 0.5) is 0 Å². The van der Waals surface area contributed by atoms with E-state index in [2.05, 4.69) is 0 Å². The molecule has 0 radical (unpaired) electrons. The molecule has 0 unspecified atom stereocenters. The molecule has 90 valence electrons. The van der Waals surface area contributed by atoms with Crippen LogP contribution in [0, 0.1) is 0 Å². The third kappa shape index (κ3) is 3.25. The molecule has 0 bridgehead atoms. The highest BCUT2D eigenvalue weighted by Gasteiger charge is 1.92. The Labute approximate surface area is 106 Å². The van der Waals surface area contributed by atoms with Gasteiger partial charge in [-0.25, -0.2) is 0 Å². The molecule has 0 saturated heterocycles. The zero-order valence-corrected chi connectivity index (χ0v) is 9.82. The predicted molar refractivity (Wildman–Crippen MR) is 74.3 cm³/mol. The summed E-state index contributed by atoms with van der Waals surface area (Å²) in [4.78, 5) is 0. The molecule has 0 aliphatic heterocycles. The lowest BCUT2D eigenvalue weighted by atomic mass is 10.1. The molecule has 0 spiro atoms. The van der Waals surface area contributed by atoms with Gasteiger partial charge in [0.15, 0.2) is 0 Å². The topological polar surface area (TPSA) is 40.5 Å². The van der Waals surface area contributed by atoms with Crippen molar-refractivity contribution in [3.05, 3.63) is 71.8 Å². The molecule has 2 aromatic carbocycles. The van der Waals surface area contributed by atoms with Crippen LogP contribution < -0.4 is 0 Å². The molecule has 0 heterocycles. The van der Waals surface area contributed by atoms with E-state index in [1.54, 1.807) is 24.3 Å². The number of hydrogen-bond acceptors (Lipinski definition) is 2. The Kier molecular flexibility index (Phi) is 3.82. The molecule has 18 heavy (non-hydrogen) atoms. The smallest absolute Gasteiger partial charge is 0.122 e. The van der Waals surface area contributed by atoms with Gasteiger partial charge in [0.1, 0.15) is 11.5 Å². The monoisotopic (exact) mass is 238 g/mol. The number of hydrogen-bond donors (Lipinski definition) is 2. The lowest BCUT2D eigenvalue weighted by Gasteiger charge is -1.95. The number of phenolic OH excluding ortho intramolecular Hbond substituents is 2. The Balaban J connectivity index is 2.03. The summed E-state index contributed by atoms with van der Waals surface area (Å²) in [6.07, 6.45) is 7.52. The van der Waals surface area contributed by atoms with Crippen LogP contribution in [-0.2, 0) is 0 Å². The summed E-state index contributed by atoms with van der Waals surface area (Å²) < 4.78 is 0. The van der Waals surface area contributed by atoms with E-state index in [9.17, 15) is 5.11 Å². The molecule has 0 aliphatic rings. The maximum absolute atomic E-state index is 9.55. The maximum atomic E-state index is 9.55. The van der Waals surface area contributed by atoms with Crippen molar-refractivity contribution >= 4 is 12.2 Å². The average molecular weight is 238 g/mol. The minimum atomic E-state index is 0.261. The summed E-state index contributed by atoms with van der Waals surface area (Å²) in [6.45, 7) is 0. The van der Waals surface area contributed by atoms with Crippen molar-refractivity contribution in [3.63, 3.8) is 0 Å². The van der Waals surface area contributed by atoms with E-state index in [-0.39, 0.29) is 11.5 Å².